The standard InChI is InChI=1S/C28H37BrSi/c1-2-20-30(28-6-4-3-5-7-28)21-18-26(19-22-30)25-14-10-23(11-15-25)8-9-24-12-16-27(29)17-13-24/h3-9,12-13,16-17,23,25-26H,2,10-11,14-15,18-22H2,1H3. The molecule has 2 heteroatoms. The summed E-state index contributed by atoms with van der Waals surface area (Å²) in [5.41, 5.74) is 1.32. The maximum Gasteiger partial charge on any atom is 0.0867 e. The van der Waals surface area contributed by atoms with Crippen molar-refractivity contribution >= 4 is 35.3 Å². The monoisotopic (exact) mass is 480 g/mol. The van der Waals surface area contributed by atoms with Crippen molar-refractivity contribution in [1.29, 1.82) is 0 Å². The molecule has 0 spiro atoms. The second-order valence-electron chi connectivity index (χ2n) is 9.82. The highest BCUT2D eigenvalue weighted by molar-refractivity contribution is 9.10. The van der Waals surface area contributed by atoms with Gasteiger partial charge in [0.25, 0.3) is 0 Å². The lowest BCUT2D eigenvalue weighted by Crippen LogP contribution is -2.50. The Kier molecular flexibility index (Phi) is 7.70. The molecule has 1 aliphatic carbocycles. The highest BCUT2D eigenvalue weighted by atomic mass is 79.9. The molecule has 0 aromatic heterocycles. The normalized spacial score (nSPS) is 29.9. The molecule has 0 N–H and O–H groups in total. The first-order valence-corrected chi connectivity index (χ1v) is 15.6. The van der Waals surface area contributed by atoms with Crippen LogP contribution in [0.3, 0.4) is 0 Å². The minimum absolute atomic E-state index is 0.784. The number of halogens is 1. The smallest absolute Gasteiger partial charge is 0.0808 e. The van der Waals surface area contributed by atoms with E-state index >= 15 is 0 Å². The van der Waals surface area contributed by atoms with Crippen molar-refractivity contribution in [3.8, 4) is 0 Å². The predicted molar refractivity (Wildman–Crippen MR) is 138 cm³/mol. The first-order chi connectivity index (χ1) is 14.7. The van der Waals surface area contributed by atoms with E-state index in [0.717, 1.165) is 22.2 Å². The summed E-state index contributed by atoms with van der Waals surface area (Å²) in [7, 11) is -1.25. The Balaban J connectivity index is 1.29. The number of hydrogen-bond donors (Lipinski definition) is 0. The first-order valence-electron chi connectivity index (χ1n) is 12.2. The van der Waals surface area contributed by atoms with E-state index in [1.165, 1.54) is 56.6 Å². The Morgan fingerprint density at radius 1 is 0.833 bits per heavy atom. The average molecular weight is 482 g/mol. The Labute approximate surface area is 193 Å². The molecule has 1 heterocycles. The Morgan fingerprint density at radius 3 is 2.10 bits per heavy atom. The predicted octanol–water partition coefficient (Wildman–Crippen LogP) is 8.44. The second kappa shape index (κ2) is 10.5. The molecule has 2 aromatic carbocycles. The topological polar surface area (TPSA) is 0 Å². The Bertz CT molecular complexity index is 794. The lowest BCUT2D eigenvalue weighted by atomic mass is 9.74. The van der Waals surface area contributed by atoms with Gasteiger partial charge in [0.2, 0.25) is 0 Å². The third-order valence-electron chi connectivity index (χ3n) is 8.02. The van der Waals surface area contributed by atoms with Crippen LogP contribution in [0.5, 0.6) is 0 Å². The van der Waals surface area contributed by atoms with Crippen LogP contribution in [0, 0.1) is 17.8 Å². The minimum Gasteiger partial charge on any atom is -0.0808 e. The molecular formula is C28H37BrSi. The van der Waals surface area contributed by atoms with Gasteiger partial charge >= 0.3 is 0 Å². The summed E-state index contributed by atoms with van der Waals surface area (Å²) in [5.74, 6) is 2.78. The van der Waals surface area contributed by atoms with Gasteiger partial charge < -0.3 is 0 Å². The molecule has 0 amide bonds. The van der Waals surface area contributed by atoms with Gasteiger partial charge in [0.15, 0.2) is 0 Å². The fourth-order valence-corrected chi connectivity index (χ4v) is 11.8. The van der Waals surface area contributed by atoms with Gasteiger partial charge in [0.05, 0.1) is 8.07 Å². The van der Waals surface area contributed by atoms with E-state index in [0.29, 0.717) is 0 Å². The number of allylic oxidation sites excluding steroid dienone is 1. The summed E-state index contributed by atoms with van der Waals surface area (Å²) in [5, 5.41) is 1.74. The molecule has 2 fully saturated rings. The maximum absolute atomic E-state index is 3.52. The van der Waals surface area contributed by atoms with Gasteiger partial charge in [0, 0.05) is 4.47 Å². The van der Waals surface area contributed by atoms with Crippen molar-refractivity contribution < 1.29 is 0 Å². The fourth-order valence-electron chi connectivity index (χ4n) is 6.25. The zero-order chi connectivity index (χ0) is 20.8. The third kappa shape index (κ3) is 5.37. The Hall–Kier alpha value is -1.12. The fraction of sp³-hybridized carbons (Fsp3) is 0.500. The van der Waals surface area contributed by atoms with Crippen LogP contribution in [0.2, 0.25) is 18.1 Å². The van der Waals surface area contributed by atoms with E-state index in [9.17, 15) is 0 Å². The van der Waals surface area contributed by atoms with Gasteiger partial charge in [-0.3, -0.25) is 0 Å². The highest BCUT2D eigenvalue weighted by Crippen LogP contribution is 2.44. The molecule has 160 valence electrons. The molecule has 1 aliphatic heterocycles. The van der Waals surface area contributed by atoms with E-state index in [1.807, 2.05) is 0 Å². The quantitative estimate of drug-likeness (QED) is 0.363. The first kappa shape index (κ1) is 22.1. The summed E-state index contributed by atoms with van der Waals surface area (Å²) < 4.78 is 1.16. The van der Waals surface area contributed by atoms with E-state index in [1.54, 1.807) is 17.3 Å². The number of hydrogen-bond acceptors (Lipinski definition) is 0. The highest BCUT2D eigenvalue weighted by Gasteiger charge is 2.40. The third-order valence-corrected chi connectivity index (χ3v) is 14.1. The lowest BCUT2D eigenvalue weighted by Gasteiger charge is -2.43. The van der Waals surface area contributed by atoms with Crippen LogP contribution in [0.25, 0.3) is 6.08 Å². The van der Waals surface area contributed by atoms with Crippen molar-refractivity contribution in [1.82, 2.24) is 0 Å². The number of rotatable bonds is 6. The van der Waals surface area contributed by atoms with Gasteiger partial charge in [-0.25, -0.2) is 0 Å². The molecule has 0 radical (unpaired) electrons. The zero-order valence-corrected chi connectivity index (χ0v) is 21.1. The van der Waals surface area contributed by atoms with Crippen molar-refractivity contribution in [3.63, 3.8) is 0 Å². The molecule has 0 atom stereocenters. The zero-order valence-electron chi connectivity index (χ0n) is 18.5. The van der Waals surface area contributed by atoms with E-state index in [2.05, 4.69) is 89.6 Å². The minimum atomic E-state index is -1.25. The van der Waals surface area contributed by atoms with E-state index in [-0.39, 0.29) is 0 Å². The molecule has 30 heavy (non-hydrogen) atoms. The average Bonchev–Trinajstić information content (AvgIpc) is 2.80. The lowest BCUT2D eigenvalue weighted by molar-refractivity contribution is 0.208. The molecule has 4 rings (SSSR count). The van der Waals surface area contributed by atoms with Crippen LogP contribution in [0.4, 0.5) is 0 Å². The van der Waals surface area contributed by atoms with E-state index < -0.39 is 8.07 Å². The van der Waals surface area contributed by atoms with Crippen LogP contribution < -0.4 is 5.19 Å². The van der Waals surface area contributed by atoms with Crippen molar-refractivity contribution in [2.24, 2.45) is 17.8 Å². The van der Waals surface area contributed by atoms with Crippen LogP contribution >= 0.6 is 15.9 Å². The Morgan fingerprint density at radius 2 is 1.47 bits per heavy atom. The van der Waals surface area contributed by atoms with Gasteiger partial charge in [-0.05, 0) is 61.1 Å². The van der Waals surface area contributed by atoms with Gasteiger partial charge in [-0.15, -0.1) is 0 Å². The molecule has 2 aliphatic rings. The summed E-state index contributed by atoms with van der Waals surface area (Å²) in [4.78, 5) is 0. The molecular weight excluding hydrogens is 444 g/mol. The summed E-state index contributed by atoms with van der Waals surface area (Å²) >= 11 is 3.52. The van der Waals surface area contributed by atoms with Gasteiger partial charge in [-0.2, -0.15) is 0 Å². The van der Waals surface area contributed by atoms with Crippen LogP contribution in [0.1, 0.15) is 57.4 Å². The SMILES string of the molecule is CCC[Si]1(c2ccccc2)CCC(C2CCC(C=Cc3ccc(Br)cc3)CC2)CC1. The summed E-state index contributed by atoms with van der Waals surface area (Å²) in [6.07, 6.45) is 14.9. The largest absolute Gasteiger partial charge is 0.0867 e. The number of benzene rings is 2. The maximum atomic E-state index is 3.52. The summed E-state index contributed by atoms with van der Waals surface area (Å²) in [6.45, 7) is 2.40. The summed E-state index contributed by atoms with van der Waals surface area (Å²) in [6, 6.07) is 24.9. The van der Waals surface area contributed by atoms with E-state index in [4.69, 9.17) is 0 Å². The van der Waals surface area contributed by atoms with Crippen molar-refractivity contribution in [2.45, 2.75) is 70.0 Å². The van der Waals surface area contributed by atoms with Crippen LogP contribution in [0.15, 0.2) is 65.1 Å². The van der Waals surface area contributed by atoms with Crippen molar-refractivity contribution in [2.75, 3.05) is 0 Å². The molecule has 1 saturated heterocycles. The molecule has 0 nitrogen and oxygen atoms in total. The van der Waals surface area contributed by atoms with Crippen LogP contribution in [-0.2, 0) is 0 Å². The molecule has 2 aromatic rings. The molecule has 1 saturated carbocycles. The second-order valence-corrected chi connectivity index (χ2v) is 15.4. The molecule has 0 unspecified atom stereocenters. The molecule has 0 bridgehead atoms. The van der Waals surface area contributed by atoms with Gasteiger partial charge in [-0.1, -0.05) is 120 Å². The van der Waals surface area contributed by atoms with Crippen molar-refractivity contribution in [3.05, 3.63) is 70.7 Å². The van der Waals surface area contributed by atoms with Gasteiger partial charge in [0.1, 0.15) is 0 Å². The van der Waals surface area contributed by atoms with Crippen LogP contribution in [-0.4, -0.2) is 8.07 Å².